The van der Waals surface area contributed by atoms with Crippen molar-refractivity contribution >= 4 is 50.1 Å². The average molecular weight is 781 g/mol. The van der Waals surface area contributed by atoms with Crippen molar-refractivity contribution in [2.75, 3.05) is 0 Å². The second-order valence-electron chi connectivity index (χ2n) is 12.4. The van der Waals surface area contributed by atoms with Crippen molar-refractivity contribution in [2.45, 2.75) is 51.7 Å². The molecule has 0 aliphatic heterocycles. The number of benzene rings is 3. The van der Waals surface area contributed by atoms with Crippen molar-refractivity contribution < 1.29 is 23.5 Å². The van der Waals surface area contributed by atoms with E-state index < -0.39 is 5.97 Å². The van der Waals surface area contributed by atoms with Crippen LogP contribution in [0.2, 0.25) is 0 Å². The molecule has 7 aromatic rings. The zero-order chi connectivity index (χ0) is 37.3. The SMILES string of the molecule is C[C@H](NC(=O)CCc1nc2cccnc2n1Cc1ccc(F)cc1)c1ccc(Br)cc1.O=C(O)CCc1nc2cccnc2n1Cc1ccc(F)cc1. The largest absolute Gasteiger partial charge is 0.481 e. The van der Waals surface area contributed by atoms with E-state index in [0.717, 1.165) is 43.7 Å². The van der Waals surface area contributed by atoms with E-state index in [-0.39, 0.29) is 30.0 Å². The van der Waals surface area contributed by atoms with Crippen LogP contribution in [0.1, 0.15) is 54.1 Å². The van der Waals surface area contributed by atoms with Crippen molar-refractivity contribution in [2.24, 2.45) is 0 Å². The third kappa shape index (κ3) is 9.74. The molecule has 4 heterocycles. The van der Waals surface area contributed by atoms with Crippen molar-refractivity contribution in [3.63, 3.8) is 0 Å². The van der Waals surface area contributed by atoms with Gasteiger partial charge in [-0.2, -0.15) is 0 Å². The molecule has 1 atom stereocenters. The minimum absolute atomic E-state index is 0.00669. The van der Waals surface area contributed by atoms with Crippen LogP contribution >= 0.6 is 15.9 Å². The summed E-state index contributed by atoms with van der Waals surface area (Å²) in [5, 5.41) is 11.9. The number of carbonyl (C=O) groups is 2. The molecule has 0 fully saturated rings. The van der Waals surface area contributed by atoms with Gasteiger partial charge in [-0.3, -0.25) is 9.59 Å². The van der Waals surface area contributed by atoms with Crippen LogP contribution in [0.5, 0.6) is 0 Å². The van der Waals surface area contributed by atoms with Gasteiger partial charge in [0, 0.05) is 36.1 Å². The minimum Gasteiger partial charge on any atom is -0.481 e. The van der Waals surface area contributed by atoms with Gasteiger partial charge in [0.2, 0.25) is 5.91 Å². The summed E-state index contributed by atoms with van der Waals surface area (Å²) in [6, 6.07) is 27.8. The van der Waals surface area contributed by atoms with Gasteiger partial charge >= 0.3 is 5.97 Å². The number of amides is 1. The first kappa shape index (κ1) is 37.0. The van der Waals surface area contributed by atoms with Gasteiger partial charge < -0.3 is 19.6 Å². The monoisotopic (exact) mass is 779 g/mol. The van der Waals surface area contributed by atoms with Crippen LogP contribution in [0, 0.1) is 11.6 Å². The van der Waals surface area contributed by atoms with Gasteiger partial charge in [0.05, 0.1) is 25.6 Å². The van der Waals surface area contributed by atoms with Gasteiger partial charge in [-0.15, -0.1) is 0 Å². The highest BCUT2D eigenvalue weighted by atomic mass is 79.9. The lowest BCUT2D eigenvalue weighted by molar-refractivity contribution is -0.137. The van der Waals surface area contributed by atoms with E-state index in [1.165, 1.54) is 24.3 Å². The fraction of sp³-hybridized carbons (Fsp3) is 0.200. The number of hydrogen-bond donors (Lipinski definition) is 2. The van der Waals surface area contributed by atoms with Gasteiger partial charge in [0.15, 0.2) is 11.3 Å². The number of nitrogens with one attached hydrogen (secondary N) is 1. The molecule has 4 aromatic heterocycles. The van der Waals surface area contributed by atoms with Crippen LogP contribution in [-0.2, 0) is 35.5 Å². The lowest BCUT2D eigenvalue weighted by atomic mass is 10.1. The zero-order valence-electron chi connectivity index (χ0n) is 28.8. The van der Waals surface area contributed by atoms with Gasteiger partial charge in [0.25, 0.3) is 0 Å². The Bertz CT molecular complexity index is 2330. The molecule has 0 bridgehead atoms. The number of fused-ring (bicyclic) bond motifs is 2. The Morgan fingerprint density at radius 3 is 1.66 bits per heavy atom. The molecule has 0 radical (unpaired) electrons. The molecule has 13 heteroatoms. The standard InChI is InChI=1S/C24H22BrFN4O.C16H14FN3O2/c1-16(18-6-8-19(25)9-7-18)28-23(31)13-12-22-29-21-3-2-14-27-24(21)30(22)15-17-4-10-20(26)11-5-17;17-12-5-3-11(4-6-12)10-20-14(7-8-15(21)22)19-13-2-1-9-18-16(13)20/h2-11,14,16H,12-13,15H2,1H3,(H,28,31);1-6,9H,7-8,10H2,(H,21,22)/t16-;/m0./s1. The van der Waals surface area contributed by atoms with E-state index in [4.69, 9.17) is 5.11 Å². The summed E-state index contributed by atoms with van der Waals surface area (Å²) in [6.07, 6.45) is 4.53. The van der Waals surface area contributed by atoms with Crippen LogP contribution in [0.3, 0.4) is 0 Å². The van der Waals surface area contributed by atoms with Crippen molar-refractivity contribution in [3.05, 3.63) is 154 Å². The van der Waals surface area contributed by atoms with E-state index in [1.807, 2.05) is 58.5 Å². The molecular formula is C40H36BrF2N7O3. The van der Waals surface area contributed by atoms with Crippen LogP contribution in [-0.4, -0.2) is 46.1 Å². The molecule has 0 aliphatic rings. The van der Waals surface area contributed by atoms with Crippen LogP contribution < -0.4 is 5.32 Å². The first-order valence-corrected chi connectivity index (χ1v) is 17.8. The molecule has 0 saturated heterocycles. The predicted octanol–water partition coefficient (Wildman–Crippen LogP) is 7.83. The number of carboxylic acid groups (broad SMARTS) is 1. The molecule has 53 heavy (non-hydrogen) atoms. The summed E-state index contributed by atoms with van der Waals surface area (Å²) in [5.41, 5.74) is 5.86. The van der Waals surface area contributed by atoms with Crippen LogP contribution in [0.15, 0.2) is 114 Å². The highest BCUT2D eigenvalue weighted by Gasteiger charge is 2.16. The molecule has 7 rings (SSSR count). The Morgan fingerprint density at radius 1 is 0.717 bits per heavy atom. The smallest absolute Gasteiger partial charge is 0.303 e. The Hall–Kier alpha value is -5.82. The lowest BCUT2D eigenvalue weighted by Gasteiger charge is -2.15. The maximum atomic E-state index is 13.3. The Kier molecular flexibility index (Phi) is 11.9. The zero-order valence-corrected chi connectivity index (χ0v) is 30.4. The number of imidazole rings is 2. The molecule has 3 aromatic carbocycles. The number of aryl methyl sites for hydroxylation is 2. The summed E-state index contributed by atoms with van der Waals surface area (Å²) >= 11 is 3.42. The number of aromatic nitrogens is 6. The summed E-state index contributed by atoms with van der Waals surface area (Å²) in [7, 11) is 0. The third-order valence-electron chi connectivity index (χ3n) is 8.56. The van der Waals surface area contributed by atoms with Crippen molar-refractivity contribution in [1.29, 1.82) is 0 Å². The van der Waals surface area contributed by atoms with Gasteiger partial charge in [-0.1, -0.05) is 52.3 Å². The van der Waals surface area contributed by atoms with E-state index in [9.17, 15) is 18.4 Å². The first-order valence-electron chi connectivity index (χ1n) is 17.0. The summed E-state index contributed by atoms with van der Waals surface area (Å²) in [6.45, 7) is 2.96. The number of carboxylic acids is 1. The Morgan fingerprint density at radius 2 is 1.19 bits per heavy atom. The number of nitrogens with zero attached hydrogens (tertiary/aromatic N) is 6. The van der Waals surface area contributed by atoms with Crippen LogP contribution in [0.4, 0.5) is 8.78 Å². The molecule has 2 N–H and O–H groups in total. The van der Waals surface area contributed by atoms with E-state index in [1.54, 1.807) is 42.7 Å². The summed E-state index contributed by atoms with van der Waals surface area (Å²) in [5.74, 6) is -0.0142. The fourth-order valence-corrected chi connectivity index (χ4v) is 6.13. The maximum Gasteiger partial charge on any atom is 0.303 e. The van der Waals surface area contributed by atoms with E-state index in [0.29, 0.717) is 43.8 Å². The Balaban J connectivity index is 0.000000192. The first-order chi connectivity index (χ1) is 25.6. The predicted molar refractivity (Wildman–Crippen MR) is 201 cm³/mol. The second kappa shape index (κ2) is 17.1. The maximum absolute atomic E-state index is 13.3. The summed E-state index contributed by atoms with van der Waals surface area (Å²) in [4.78, 5) is 41.3. The fourth-order valence-electron chi connectivity index (χ4n) is 5.86. The summed E-state index contributed by atoms with van der Waals surface area (Å²) < 4.78 is 31.2. The normalized spacial score (nSPS) is 11.6. The van der Waals surface area contributed by atoms with Crippen LogP contribution in [0.25, 0.3) is 22.3 Å². The molecule has 0 saturated carbocycles. The number of aliphatic carboxylic acids is 1. The van der Waals surface area contributed by atoms with E-state index in [2.05, 4.69) is 41.2 Å². The number of pyridine rings is 2. The number of carbonyl (C=O) groups excluding carboxylic acids is 1. The third-order valence-corrected chi connectivity index (χ3v) is 9.09. The van der Waals surface area contributed by atoms with Gasteiger partial charge in [-0.05, 0) is 84.3 Å². The quantitative estimate of drug-likeness (QED) is 0.129. The second-order valence-corrected chi connectivity index (χ2v) is 13.3. The number of hydrogen-bond acceptors (Lipinski definition) is 6. The average Bonchev–Trinajstić information content (AvgIpc) is 3.69. The Labute approximate surface area is 312 Å². The van der Waals surface area contributed by atoms with Gasteiger partial charge in [0.1, 0.15) is 34.3 Å². The number of halogens is 3. The van der Waals surface area contributed by atoms with Gasteiger partial charge in [-0.25, -0.2) is 28.7 Å². The number of rotatable bonds is 12. The highest BCUT2D eigenvalue weighted by Crippen LogP contribution is 2.20. The topological polar surface area (TPSA) is 128 Å². The molecule has 0 unspecified atom stereocenters. The van der Waals surface area contributed by atoms with E-state index >= 15 is 0 Å². The minimum atomic E-state index is -0.867. The molecule has 0 aliphatic carbocycles. The molecule has 1 amide bonds. The van der Waals surface area contributed by atoms with Crippen molar-refractivity contribution in [3.8, 4) is 0 Å². The molecule has 270 valence electrons. The molecular weight excluding hydrogens is 744 g/mol. The molecule has 0 spiro atoms. The molecule has 10 nitrogen and oxygen atoms in total. The highest BCUT2D eigenvalue weighted by molar-refractivity contribution is 9.10. The van der Waals surface area contributed by atoms with Crippen molar-refractivity contribution in [1.82, 2.24) is 34.4 Å². The lowest BCUT2D eigenvalue weighted by Crippen LogP contribution is -2.27.